The molecule has 1 aliphatic rings. The molecule has 4 nitrogen and oxygen atoms in total. The summed E-state index contributed by atoms with van der Waals surface area (Å²) in [6, 6.07) is 6.58. The van der Waals surface area contributed by atoms with E-state index in [4.69, 9.17) is 4.74 Å². The molecule has 1 fully saturated rings. The minimum Gasteiger partial charge on any atom is -0.375 e. The third-order valence-electron chi connectivity index (χ3n) is 4.28. The highest BCUT2D eigenvalue weighted by Gasteiger charge is 2.28. The van der Waals surface area contributed by atoms with E-state index in [-0.39, 0.29) is 23.7 Å². The van der Waals surface area contributed by atoms with Crippen LogP contribution in [-0.2, 0) is 9.53 Å². The van der Waals surface area contributed by atoms with E-state index < -0.39 is 6.10 Å². The Labute approximate surface area is 131 Å². The Morgan fingerprint density at radius 1 is 1.45 bits per heavy atom. The summed E-state index contributed by atoms with van der Waals surface area (Å²) in [7, 11) is 1.53. The summed E-state index contributed by atoms with van der Waals surface area (Å²) in [6.07, 6.45) is 1.17. The van der Waals surface area contributed by atoms with Crippen molar-refractivity contribution in [3.05, 3.63) is 35.6 Å². The highest BCUT2D eigenvalue weighted by atomic mass is 19.1. The number of ether oxygens (including phenoxy) is 1. The van der Waals surface area contributed by atoms with Crippen LogP contribution in [0, 0.1) is 11.7 Å². The van der Waals surface area contributed by atoms with Crippen LogP contribution < -0.4 is 10.6 Å². The van der Waals surface area contributed by atoms with Crippen LogP contribution in [0.5, 0.6) is 0 Å². The molecule has 2 rings (SSSR count). The number of carbonyl (C=O) groups excluding carboxylic acids is 1. The first kappa shape index (κ1) is 16.9. The summed E-state index contributed by atoms with van der Waals surface area (Å²) >= 11 is 0. The van der Waals surface area contributed by atoms with Crippen molar-refractivity contribution in [3.8, 4) is 0 Å². The summed E-state index contributed by atoms with van der Waals surface area (Å²) in [5, 5.41) is 6.32. The summed E-state index contributed by atoms with van der Waals surface area (Å²) in [5.74, 6) is -0.276. The second-order valence-corrected chi connectivity index (χ2v) is 6.05. The molecule has 122 valence electrons. The number of rotatable bonds is 5. The molecule has 1 saturated heterocycles. The minimum atomic E-state index is -0.496. The van der Waals surface area contributed by atoms with Gasteiger partial charge in [0.15, 0.2) is 0 Å². The smallest absolute Gasteiger partial charge is 0.223 e. The van der Waals surface area contributed by atoms with Gasteiger partial charge in [0, 0.05) is 24.6 Å². The van der Waals surface area contributed by atoms with E-state index in [1.54, 1.807) is 18.2 Å². The van der Waals surface area contributed by atoms with Gasteiger partial charge < -0.3 is 15.4 Å². The zero-order valence-electron chi connectivity index (χ0n) is 13.4. The molecule has 4 atom stereocenters. The highest BCUT2D eigenvalue weighted by molar-refractivity contribution is 5.79. The van der Waals surface area contributed by atoms with Crippen molar-refractivity contribution < 1.29 is 13.9 Å². The van der Waals surface area contributed by atoms with Gasteiger partial charge in [0.05, 0.1) is 6.04 Å². The molecule has 0 bridgehead atoms. The predicted octanol–water partition coefficient (Wildman–Crippen LogP) is 2.41. The average Bonchev–Trinajstić information content (AvgIpc) is 2.50. The van der Waals surface area contributed by atoms with Crippen LogP contribution >= 0.6 is 0 Å². The minimum absolute atomic E-state index is 0.0110. The summed E-state index contributed by atoms with van der Waals surface area (Å²) < 4.78 is 19.4. The first-order valence-electron chi connectivity index (χ1n) is 7.84. The van der Waals surface area contributed by atoms with Crippen LogP contribution in [0.15, 0.2) is 24.3 Å². The summed E-state index contributed by atoms with van der Waals surface area (Å²) in [4.78, 5) is 12.4. The molecule has 1 aromatic carbocycles. The van der Waals surface area contributed by atoms with Crippen LogP contribution in [0.3, 0.4) is 0 Å². The molecule has 1 aliphatic heterocycles. The van der Waals surface area contributed by atoms with Gasteiger partial charge in [0.25, 0.3) is 0 Å². The van der Waals surface area contributed by atoms with Gasteiger partial charge in [-0.15, -0.1) is 0 Å². The molecule has 1 aromatic rings. The molecule has 0 spiro atoms. The maximum atomic E-state index is 13.9. The second kappa shape index (κ2) is 7.70. The van der Waals surface area contributed by atoms with E-state index in [9.17, 15) is 9.18 Å². The zero-order valence-corrected chi connectivity index (χ0v) is 13.4. The van der Waals surface area contributed by atoms with Crippen LogP contribution in [0.1, 0.15) is 38.4 Å². The fourth-order valence-electron chi connectivity index (χ4n) is 3.09. The van der Waals surface area contributed by atoms with Gasteiger partial charge in [-0.3, -0.25) is 4.79 Å². The molecule has 0 aliphatic carbocycles. The molecule has 0 aromatic heterocycles. The van der Waals surface area contributed by atoms with Crippen LogP contribution in [-0.4, -0.2) is 31.6 Å². The largest absolute Gasteiger partial charge is 0.375 e. The van der Waals surface area contributed by atoms with Gasteiger partial charge >= 0.3 is 0 Å². The predicted molar refractivity (Wildman–Crippen MR) is 83.9 cm³/mol. The maximum Gasteiger partial charge on any atom is 0.223 e. The molecule has 2 N–H and O–H groups in total. The Morgan fingerprint density at radius 2 is 2.18 bits per heavy atom. The van der Waals surface area contributed by atoms with Gasteiger partial charge in [0.2, 0.25) is 5.91 Å². The third-order valence-corrected chi connectivity index (χ3v) is 4.28. The highest BCUT2D eigenvalue weighted by Crippen LogP contribution is 2.24. The van der Waals surface area contributed by atoms with E-state index in [2.05, 4.69) is 17.6 Å². The van der Waals surface area contributed by atoms with E-state index in [0.717, 1.165) is 19.4 Å². The fraction of sp³-hybridized carbons (Fsp3) is 0.588. The Morgan fingerprint density at radius 3 is 2.82 bits per heavy atom. The zero-order chi connectivity index (χ0) is 16.1. The number of piperidine rings is 1. The van der Waals surface area contributed by atoms with Crippen molar-refractivity contribution in [2.24, 2.45) is 5.92 Å². The standard InChI is InChI=1S/C17H25FN2O2/c1-11-10-13(8-9-19-11)17(21)20-12(2)16(22-3)14-6-4-5-7-15(14)18/h4-7,11-13,16,19H,8-10H2,1-3H3,(H,20,21)/t11-,12?,13-,16?/m0/s1. The van der Waals surface area contributed by atoms with Crippen LogP contribution in [0.2, 0.25) is 0 Å². The quantitative estimate of drug-likeness (QED) is 0.878. The lowest BCUT2D eigenvalue weighted by Gasteiger charge is -2.30. The van der Waals surface area contributed by atoms with Gasteiger partial charge in [-0.1, -0.05) is 18.2 Å². The molecule has 5 heteroatoms. The van der Waals surface area contributed by atoms with E-state index in [1.807, 2.05) is 6.92 Å². The molecule has 1 heterocycles. The lowest BCUT2D eigenvalue weighted by Crippen LogP contribution is -2.46. The lowest BCUT2D eigenvalue weighted by atomic mass is 9.92. The Hall–Kier alpha value is -1.46. The first-order valence-corrected chi connectivity index (χ1v) is 7.84. The number of benzene rings is 1. The average molecular weight is 308 g/mol. The number of hydrogen-bond acceptors (Lipinski definition) is 3. The number of methoxy groups -OCH3 is 1. The van der Waals surface area contributed by atoms with Crippen molar-refractivity contribution in [1.29, 1.82) is 0 Å². The van der Waals surface area contributed by atoms with Gasteiger partial charge in [-0.05, 0) is 39.3 Å². The molecular formula is C17H25FN2O2. The molecule has 0 radical (unpaired) electrons. The van der Waals surface area contributed by atoms with Crippen LogP contribution in [0.25, 0.3) is 0 Å². The normalized spacial score (nSPS) is 24.5. The van der Waals surface area contributed by atoms with E-state index in [1.165, 1.54) is 13.2 Å². The Kier molecular flexibility index (Phi) is 5.91. The number of halogens is 1. The number of hydrogen-bond donors (Lipinski definition) is 2. The van der Waals surface area contributed by atoms with Crippen molar-refractivity contribution in [3.63, 3.8) is 0 Å². The molecule has 2 unspecified atom stereocenters. The van der Waals surface area contributed by atoms with Crippen LogP contribution in [0.4, 0.5) is 4.39 Å². The van der Waals surface area contributed by atoms with Crippen molar-refractivity contribution in [2.45, 2.75) is 44.9 Å². The maximum absolute atomic E-state index is 13.9. The van der Waals surface area contributed by atoms with E-state index >= 15 is 0 Å². The Bertz CT molecular complexity index is 509. The molecule has 22 heavy (non-hydrogen) atoms. The third kappa shape index (κ3) is 4.05. The fourth-order valence-corrected chi connectivity index (χ4v) is 3.09. The summed E-state index contributed by atoms with van der Waals surface area (Å²) in [6.45, 7) is 4.79. The molecular weight excluding hydrogens is 283 g/mol. The first-order chi connectivity index (χ1) is 10.5. The SMILES string of the molecule is COC(c1ccccc1F)C(C)NC(=O)[C@H]1CCN[C@@H](C)C1. The Balaban J connectivity index is 2.01. The van der Waals surface area contributed by atoms with Gasteiger partial charge in [0.1, 0.15) is 11.9 Å². The van der Waals surface area contributed by atoms with Gasteiger partial charge in [-0.25, -0.2) is 4.39 Å². The number of carbonyl (C=O) groups is 1. The number of amides is 1. The monoisotopic (exact) mass is 308 g/mol. The molecule has 0 saturated carbocycles. The molecule has 1 amide bonds. The van der Waals surface area contributed by atoms with Crippen molar-refractivity contribution in [2.75, 3.05) is 13.7 Å². The summed E-state index contributed by atoms with van der Waals surface area (Å²) in [5.41, 5.74) is 0.469. The van der Waals surface area contributed by atoms with Gasteiger partial charge in [-0.2, -0.15) is 0 Å². The van der Waals surface area contributed by atoms with E-state index in [0.29, 0.717) is 11.6 Å². The van der Waals surface area contributed by atoms with Crippen molar-refractivity contribution >= 4 is 5.91 Å². The lowest BCUT2D eigenvalue weighted by molar-refractivity contribution is -0.127. The number of nitrogens with one attached hydrogen (secondary N) is 2. The topological polar surface area (TPSA) is 50.4 Å². The second-order valence-electron chi connectivity index (χ2n) is 6.05. The van der Waals surface area contributed by atoms with Crippen molar-refractivity contribution in [1.82, 2.24) is 10.6 Å².